The number of nitrogen functional groups attached to an aromatic ring is 1. The van der Waals surface area contributed by atoms with Gasteiger partial charge in [-0.2, -0.15) is 0 Å². The van der Waals surface area contributed by atoms with Crippen molar-refractivity contribution < 1.29 is 9.66 Å². The van der Waals surface area contributed by atoms with E-state index in [0.717, 1.165) is 12.1 Å². The third-order valence-corrected chi connectivity index (χ3v) is 3.54. The molecule has 2 rings (SSSR count). The van der Waals surface area contributed by atoms with Crippen LogP contribution in [-0.4, -0.2) is 23.2 Å². The molecule has 98 valence electrons. The Morgan fingerprint density at radius 3 is 2.83 bits per heavy atom. The van der Waals surface area contributed by atoms with Crippen molar-refractivity contribution in [3.8, 4) is 0 Å². The van der Waals surface area contributed by atoms with Crippen molar-refractivity contribution >= 4 is 17.1 Å². The van der Waals surface area contributed by atoms with Crippen LogP contribution in [0.4, 0.5) is 17.1 Å². The Morgan fingerprint density at radius 2 is 2.33 bits per heavy atom. The third-order valence-electron chi connectivity index (χ3n) is 3.54. The van der Waals surface area contributed by atoms with E-state index in [1.165, 1.54) is 6.07 Å². The average molecular weight is 251 g/mol. The first-order valence-electron chi connectivity index (χ1n) is 5.86. The number of ether oxygens (including phenoxy) is 1. The van der Waals surface area contributed by atoms with E-state index >= 15 is 0 Å². The van der Waals surface area contributed by atoms with Crippen molar-refractivity contribution in [3.05, 3.63) is 28.3 Å². The van der Waals surface area contributed by atoms with Crippen LogP contribution in [0.5, 0.6) is 0 Å². The smallest absolute Gasteiger partial charge is 0.292 e. The summed E-state index contributed by atoms with van der Waals surface area (Å²) in [7, 11) is 0. The molecule has 0 aromatic heterocycles. The van der Waals surface area contributed by atoms with E-state index in [-0.39, 0.29) is 23.0 Å². The van der Waals surface area contributed by atoms with Gasteiger partial charge in [-0.3, -0.25) is 10.1 Å². The Bertz CT molecular complexity index is 478. The zero-order valence-corrected chi connectivity index (χ0v) is 10.5. The maximum Gasteiger partial charge on any atom is 0.292 e. The molecule has 6 heteroatoms. The van der Waals surface area contributed by atoms with Crippen LogP contribution in [0.15, 0.2) is 18.2 Å². The van der Waals surface area contributed by atoms with Gasteiger partial charge in [0.15, 0.2) is 0 Å². The number of rotatable bonds is 3. The van der Waals surface area contributed by atoms with Gasteiger partial charge in [0.25, 0.3) is 5.69 Å². The van der Waals surface area contributed by atoms with Crippen molar-refractivity contribution in [2.75, 3.05) is 17.7 Å². The first kappa shape index (κ1) is 12.6. The van der Waals surface area contributed by atoms with E-state index in [2.05, 4.69) is 12.2 Å². The molecule has 0 aliphatic carbocycles. The van der Waals surface area contributed by atoms with Crippen molar-refractivity contribution in [1.29, 1.82) is 0 Å². The van der Waals surface area contributed by atoms with Gasteiger partial charge in [-0.15, -0.1) is 0 Å². The first-order valence-corrected chi connectivity index (χ1v) is 5.86. The monoisotopic (exact) mass is 251 g/mol. The largest absolute Gasteiger partial charge is 0.393 e. The first-order chi connectivity index (χ1) is 8.42. The van der Waals surface area contributed by atoms with Gasteiger partial charge < -0.3 is 15.8 Å². The minimum Gasteiger partial charge on any atom is -0.393 e. The second-order valence-electron chi connectivity index (χ2n) is 4.84. The Hall–Kier alpha value is -1.82. The number of nitro benzene ring substituents is 1. The molecule has 0 amide bonds. The Morgan fingerprint density at radius 1 is 1.61 bits per heavy atom. The summed E-state index contributed by atoms with van der Waals surface area (Å²) in [6.45, 7) is 4.80. The van der Waals surface area contributed by atoms with Crippen molar-refractivity contribution in [3.63, 3.8) is 0 Å². The summed E-state index contributed by atoms with van der Waals surface area (Å²) >= 11 is 0. The molecular weight excluding hydrogens is 234 g/mol. The van der Waals surface area contributed by atoms with Crippen LogP contribution >= 0.6 is 0 Å². The van der Waals surface area contributed by atoms with E-state index in [4.69, 9.17) is 10.5 Å². The minimum atomic E-state index is -0.484. The van der Waals surface area contributed by atoms with E-state index in [9.17, 15) is 10.1 Å². The quantitative estimate of drug-likeness (QED) is 0.488. The van der Waals surface area contributed by atoms with Gasteiger partial charge in [0.2, 0.25) is 0 Å². The molecule has 1 aromatic carbocycles. The summed E-state index contributed by atoms with van der Waals surface area (Å²) in [6.07, 6.45) is 0.985. The fourth-order valence-corrected chi connectivity index (χ4v) is 2.13. The number of nitrogens with two attached hydrogens (primary N) is 1. The fourth-order valence-electron chi connectivity index (χ4n) is 2.13. The number of hydrogen-bond acceptors (Lipinski definition) is 5. The van der Waals surface area contributed by atoms with E-state index in [1.54, 1.807) is 12.1 Å². The summed E-state index contributed by atoms with van der Waals surface area (Å²) in [6, 6.07) is 4.68. The molecule has 0 saturated carbocycles. The Balaban J connectivity index is 2.20. The molecule has 18 heavy (non-hydrogen) atoms. The van der Waals surface area contributed by atoms with Gasteiger partial charge in [-0.25, -0.2) is 0 Å². The number of nitrogens with zero attached hydrogens (tertiary/aromatic N) is 1. The second-order valence-corrected chi connectivity index (χ2v) is 4.84. The highest BCUT2D eigenvalue weighted by Gasteiger charge is 2.36. The molecule has 3 N–H and O–H groups in total. The molecule has 1 aliphatic heterocycles. The molecule has 0 bridgehead atoms. The molecular formula is C12H17N3O3. The van der Waals surface area contributed by atoms with Crippen LogP contribution in [0.1, 0.15) is 20.3 Å². The SMILES string of the molecule is CC1OCCC1(C)Nc1ccc([N+](=O)[O-])c(N)c1. The maximum atomic E-state index is 10.7. The van der Waals surface area contributed by atoms with Crippen LogP contribution < -0.4 is 11.1 Å². The average Bonchev–Trinajstić information content (AvgIpc) is 2.58. The third kappa shape index (κ3) is 2.24. The highest BCUT2D eigenvalue weighted by Crippen LogP contribution is 2.32. The number of hydrogen-bond donors (Lipinski definition) is 2. The van der Waals surface area contributed by atoms with Crippen molar-refractivity contribution in [1.82, 2.24) is 0 Å². The molecule has 0 radical (unpaired) electrons. The second kappa shape index (κ2) is 4.45. The Labute approximate surface area is 105 Å². The lowest BCUT2D eigenvalue weighted by Gasteiger charge is -2.30. The maximum absolute atomic E-state index is 10.7. The molecule has 0 spiro atoms. The van der Waals surface area contributed by atoms with Crippen LogP contribution in [0, 0.1) is 10.1 Å². The van der Waals surface area contributed by atoms with Gasteiger partial charge >= 0.3 is 0 Å². The molecule has 1 aromatic rings. The van der Waals surface area contributed by atoms with Crippen molar-refractivity contribution in [2.24, 2.45) is 0 Å². The standard InChI is InChI=1S/C12H17N3O3/c1-8-12(2,5-6-18-8)14-9-3-4-11(15(16)17)10(13)7-9/h3-4,7-8,14H,5-6,13H2,1-2H3. The highest BCUT2D eigenvalue weighted by molar-refractivity contribution is 5.66. The fraction of sp³-hybridized carbons (Fsp3) is 0.500. The molecule has 1 fully saturated rings. The van der Waals surface area contributed by atoms with Crippen LogP contribution in [0.2, 0.25) is 0 Å². The lowest BCUT2D eigenvalue weighted by atomic mass is 9.94. The van der Waals surface area contributed by atoms with Crippen molar-refractivity contribution in [2.45, 2.75) is 31.9 Å². The summed E-state index contributed by atoms with van der Waals surface area (Å²) in [5.41, 5.74) is 6.37. The predicted molar refractivity (Wildman–Crippen MR) is 69.6 cm³/mol. The number of benzene rings is 1. The number of nitro groups is 1. The summed E-state index contributed by atoms with van der Waals surface area (Å²) in [4.78, 5) is 10.2. The zero-order chi connectivity index (χ0) is 13.3. The lowest BCUT2D eigenvalue weighted by molar-refractivity contribution is -0.383. The van der Waals surface area contributed by atoms with Gasteiger partial charge in [0.1, 0.15) is 5.69 Å². The molecule has 1 saturated heterocycles. The van der Waals surface area contributed by atoms with Crippen LogP contribution in [-0.2, 0) is 4.74 Å². The highest BCUT2D eigenvalue weighted by atomic mass is 16.6. The number of anilines is 2. The van der Waals surface area contributed by atoms with Gasteiger partial charge in [-0.1, -0.05) is 0 Å². The topological polar surface area (TPSA) is 90.4 Å². The zero-order valence-electron chi connectivity index (χ0n) is 10.5. The van der Waals surface area contributed by atoms with Gasteiger partial charge in [0.05, 0.1) is 16.6 Å². The normalized spacial score (nSPS) is 27.1. The lowest BCUT2D eigenvalue weighted by Crippen LogP contribution is -2.41. The van der Waals surface area contributed by atoms with E-state index in [1.807, 2.05) is 6.92 Å². The van der Waals surface area contributed by atoms with Crippen LogP contribution in [0.3, 0.4) is 0 Å². The van der Waals surface area contributed by atoms with E-state index < -0.39 is 4.92 Å². The minimum absolute atomic E-state index is 0.0681. The molecule has 1 heterocycles. The molecule has 2 atom stereocenters. The van der Waals surface area contributed by atoms with Crippen LogP contribution in [0.25, 0.3) is 0 Å². The van der Waals surface area contributed by atoms with E-state index in [0.29, 0.717) is 6.61 Å². The summed E-state index contributed by atoms with van der Waals surface area (Å²) < 4.78 is 5.53. The van der Waals surface area contributed by atoms with Gasteiger partial charge in [-0.05, 0) is 32.4 Å². The molecule has 1 aliphatic rings. The Kier molecular flexibility index (Phi) is 3.13. The summed E-state index contributed by atoms with van der Waals surface area (Å²) in [5, 5.41) is 14.0. The number of nitrogens with one attached hydrogen (secondary N) is 1. The molecule has 2 unspecified atom stereocenters. The molecule has 6 nitrogen and oxygen atoms in total. The van der Waals surface area contributed by atoms with Gasteiger partial charge in [0, 0.05) is 18.4 Å². The summed E-state index contributed by atoms with van der Waals surface area (Å²) in [5.74, 6) is 0. The predicted octanol–water partition coefficient (Wildman–Crippen LogP) is 2.16.